The molecule has 0 unspecified atom stereocenters. The summed E-state index contributed by atoms with van der Waals surface area (Å²) in [6.07, 6.45) is 3.29. The number of thiocarbonyl (C=S) groups is 1. The van der Waals surface area contributed by atoms with E-state index < -0.39 is 0 Å². The van der Waals surface area contributed by atoms with E-state index in [1.165, 1.54) is 12.1 Å². The van der Waals surface area contributed by atoms with Gasteiger partial charge >= 0.3 is 0 Å². The van der Waals surface area contributed by atoms with E-state index in [0.29, 0.717) is 16.3 Å². The molecule has 4 heteroatoms. The minimum absolute atomic E-state index is 0.307. The van der Waals surface area contributed by atoms with Crippen LogP contribution in [0.15, 0.2) is 36.7 Å². The molecule has 0 amide bonds. The van der Waals surface area contributed by atoms with Gasteiger partial charge in [-0.05, 0) is 31.2 Å². The van der Waals surface area contributed by atoms with Crippen LogP contribution in [0.5, 0.6) is 0 Å². The number of hydrogen-bond acceptors (Lipinski definition) is 3. The molecule has 0 bridgehead atoms. The standard InChI is InChI=1S/C12H9FN2S/c1-8(16)11-7-9(13)3-4-10(11)12-14-5-2-6-15-12/h2-7H,1H3. The molecule has 0 saturated carbocycles. The zero-order valence-electron chi connectivity index (χ0n) is 8.64. The summed E-state index contributed by atoms with van der Waals surface area (Å²) in [6, 6.07) is 6.17. The van der Waals surface area contributed by atoms with Crippen LogP contribution in [0.25, 0.3) is 11.4 Å². The molecule has 1 heterocycles. The summed E-state index contributed by atoms with van der Waals surface area (Å²) in [5, 5.41) is 0. The van der Waals surface area contributed by atoms with Gasteiger partial charge in [-0.2, -0.15) is 0 Å². The van der Waals surface area contributed by atoms with Crippen molar-refractivity contribution < 1.29 is 4.39 Å². The molecular weight excluding hydrogens is 223 g/mol. The summed E-state index contributed by atoms with van der Waals surface area (Å²) in [6.45, 7) is 1.76. The number of rotatable bonds is 2. The van der Waals surface area contributed by atoms with Gasteiger partial charge in [-0.3, -0.25) is 0 Å². The van der Waals surface area contributed by atoms with Gasteiger partial charge in [0.2, 0.25) is 0 Å². The number of aromatic nitrogens is 2. The molecule has 0 radical (unpaired) electrons. The SMILES string of the molecule is CC(=S)c1cc(F)ccc1-c1ncccn1. The molecular formula is C12H9FN2S. The number of benzene rings is 1. The van der Waals surface area contributed by atoms with Crippen molar-refractivity contribution in [2.75, 3.05) is 0 Å². The molecule has 1 aromatic heterocycles. The van der Waals surface area contributed by atoms with Gasteiger partial charge in [-0.25, -0.2) is 14.4 Å². The molecule has 1 aromatic carbocycles. The second kappa shape index (κ2) is 4.45. The van der Waals surface area contributed by atoms with E-state index in [1.54, 1.807) is 31.5 Å². The van der Waals surface area contributed by atoms with Crippen molar-refractivity contribution in [3.05, 3.63) is 48.0 Å². The minimum Gasteiger partial charge on any atom is -0.237 e. The molecule has 2 nitrogen and oxygen atoms in total. The lowest BCUT2D eigenvalue weighted by Gasteiger charge is -2.06. The average Bonchev–Trinajstić information content (AvgIpc) is 2.30. The van der Waals surface area contributed by atoms with Gasteiger partial charge in [0.15, 0.2) is 5.82 Å². The van der Waals surface area contributed by atoms with E-state index in [-0.39, 0.29) is 5.82 Å². The number of halogens is 1. The Bertz CT molecular complexity index is 526. The summed E-state index contributed by atoms with van der Waals surface area (Å²) in [5.74, 6) is 0.251. The van der Waals surface area contributed by atoms with Crippen molar-refractivity contribution in [1.29, 1.82) is 0 Å². The topological polar surface area (TPSA) is 25.8 Å². The van der Waals surface area contributed by atoms with Crippen LogP contribution >= 0.6 is 12.2 Å². The Labute approximate surface area is 98.2 Å². The van der Waals surface area contributed by atoms with Crippen molar-refractivity contribution in [3.63, 3.8) is 0 Å². The maximum atomic E-state index is 13.1. The first-order valence-corrected chi connectivity index (χ1v) is 5.17. The Kier molecular flexibility index (Phi) is 3.01. The maximum Gasteiger partial charge on any atom is 0.159 e. The first-order chi connectivity index (χ1) is 7.68. The quantitative estimate of drug-likeness (QED) is 0.588. The molecule has 0 atom stereocenters. The molecule has 0 aliphatic heterocycles. The van der Waals surface area contributed by atoms with Gasteiger partial charge in [-0.15, -0.1) is 0 Å². The summed E-state index contributed by atoms with van der Waals surface area (Å²) in [7, 11) is 0. The lowest BCUT2D eigenvalue weighted by Crippen LogP contribution is -1.98. The third kappa shape index (κ3) is 2.12. The highest BCUT2D eigenvalue weighted by atomic mass is 32.1. The van der Waals surface area contributed by atoms with Gasteiger partial charge in [0.05, 0.1) is 0 Å². The number of hydrogen-bond donors (Lipinski definition) is 0. The van der Waals surface area contributed by atoms with Crippen LogP contribution < -0.4 is 0 Å². The second-order valence-corrected chi connectivity index (χ2v) is 3.93. The fourth-order valence-corrected chi connectivity index (χ4v) is 1.61. The van der Waals surface area contributed by atoms with Crippen LogP contribution in [0.4, 0.5) is 4.39 Å². The van der Waals surface area contributed by atoms with Gasteiger partial charge in [0.25, 0.3) is 0 Å². The third-order valence-electron chi connectivity index (χ3n) is 2.17. The van der Waals surface area contributed by atoms with Crippen LogP contribution in [0, 0.1) is 5.82 Å². The van der Waals surface area contributed by atoms with Crippen LogP contribution in [-0.2, 0) is 0 Å². The molecule has 0 aliphatic rings. The predicted octanol–water partition coefficient (Wildman–Crippen LogP) is 3.02. The van der Waals surface area contributed by atoms with E-state index in [0.717, 1.165) is 5.56 Å². The average molecular weight is 232 g/mol. The van der Waals surface area contributed by atoms with Crippen molar-refractivity contribution in [3.8, 4) is 11.4 Å². The molecule has 0 aliphatic carbocycles. The summed E-state index contributed by atoms with van der Waals surface area (Å²) in [4.78, 5) is 8.88. The molecule has 0 spiro atoms. The first kappa shape index (κ1) is 10.8. The van der Waals surface area contributed by atoms with E-state index >= 15 is 0 Å². The smallest absolute Gasteiger partial charge is 0.159 e. The summed E-state index contributed by atoms with van der Waals surface area (Å²) in [5.41, 5.74) is 1.43. The third-order valence-corrected chi connectivity index (χ3v) is 2.39. The highest BCUT2D eigenvalue weighted by Crippen LogP contribution is 2.21. The fourth-order valence-electron chi connectivity index (χ4n) is 1.44. The normalized spacial score (nSPS) is 10.1. The molecule has 0 N–H and O–H groups in total. The van der Waals surface area contributed by atoms with Crippen molar-refractivity contribution in [2.24, 2.45) is 0 Å². The molecule has 2 aromatic rings. The van der Waals surface area contributed by atoms with Crippen molar-refractivity contribution in [2.45, 2.75) is 6.92 Å². The molecule has 80 valence electrons. The zero-order valence-corrected chi connectivity index (χ0v) is 9.46. The predicted molar refractivity (Wildman–Crippen MR) is 64.8 cm³/mol. The molecule has 0 saturated heterocycles. The largest absolute Gasteiger partial charge is 0.237 e. The summed E-state index contributed by atoms with van der Waals surface area (Å²) < 4.78 is 13.1. The van der Waals surface area contributed by atoms with Crippen molar-refractivity contribution in [1.82, 2.24) is 9.97 Å². The zero-order chi connectivity index (χ0) is 11.5. The molecule has 16 heavy (non-hydrogen) atoms. The first-order valence-electron chi connectivity index (χ1n) is 4.76. The lowest BCUT2D eigenvalue weighted by atomic mass is 10.0. The Hall–Kier alpha value is -1.68. The Balaban J connectivity index is 2.61. The Morgan fingerprint density at radius 2 is 1.94 bits per heavy atom. The maximum absolute atomic E-state index is 13.1. The van der Waals surface area contributed by atoms with E-state index in [9.17, 15) is 4.39 Å². The van der Waals surface area contributed by atoms with E-state index in [2.05, 4.69) is 9.97 Å². The highest BCUT2D eigenvalue weighted by molar-refractivity contribution is 7.80. The van der Waals surface area contributed by atoms with Crippen molar-refractivity contribution >= 4 is 17.1 Å². The lowest BCUT2D eigenvalue weighted by molar-refractivity contribution is 0.627. The van der Waals surface area contributed by atoms with Gasteiger partial charge < -0.3 is 0 Å². The van der Waals surface area contributed by atoms with Gasteiger partial charge in [0, 0.05) is 28.4 Å². The highest BCUT2D eigenvalue weighted by Gasteiger charge is 2.09. The van der Waals surface area contributed by atoms with Crippen LogP contribution in [-0.4, -0.2) is 14.8 Å². The summed E-state index contributed by atoms with van der Waals surface area (Å²) >= 11 is 5.09. The van der Waals surface area contributed by atoms with Gasteiger partial charge in [0.1, 0.15) is 5.82 Å². The van der Waals surface area contributed by atoms with Crippen LogP contribution in [0.3, 0.4) is 0 Å². The van der Waals surface area contributed by atoms with Crippen LogP contribution in [0.2, 0.25) is 0 Å². The van der Waals surface area contributed by atoms with Gasteiger partial charge in [-0.1, -0.05) is 12.2 Å². The molecule has 2 rings (SSSR count). The number of nitrogens with zero attached hydrogens (tertiary/aromatic N) is 2. The van der Waals surface area contributed by atoms with E-state index in [4.69, 9.17) is 12.2 Å². The Morgan fingerprint density at radius 3 is 2.56 bits per heavy atom. The van der Waals surface area contributed by atoms with E-state index in [1.807, 2.05) is 0 Å². The minimum atomic E-state index is -0.307. The Morgan fingerprint density at radius 1 is 1.25 bits per heavy atom. The second-order valence-electron chi connectivity index (χ2n) is 3.32. The fraction of sp³-hybridized carbons (Fsp3) is 0.0833. The van der Waals surface area contributed by atoms with Crippen LogP contribution in [0.1, 0.15) is 12.5 Å². The monoisotopic (exact) mass is 232 g/mol. The molecule has 0 fully saturated rings.